The second-order valence-electron chi connectivity index (χ2n) is 3.22. The molecule has 1 saturated heterocycles. The summed E-state index contributed by atoms with van der Waals surface area (Å²) in [6.07, 6.45) is 2.01. The van der Waals surface area contributed by atoms with Gasteiger partial charge in [-0.3, -0.25) is 9.69 Å². The Bertz CT molecular complexity index is 158. The smallest absolute Gasteiger partial charge is 0.321 e. The van der Waals surface area contributed by atoms with Crippen LogP contribution in [0.5, 0.6) is 0 Å². The first-order chi connectivity index (χ1) is 5.16. The molecule has 64 valence electrons. The summed E-state index contributed by atoms with van der Waals surface area (Å²) in [7, 11) is 1.88. The van der Waals surface area contributed by atoms with Crippen molar-refractivity contribution < 1.29 is 9.90 Å². The molecule has 1 aliphatic rings. The van der Waals surface area contributed by atoms with Gasteiger partial charge in [0.25, 0.3) is 0 Å². The van der Waals surface area contributed by atoms with Gasteiger partial charge in [-0.25, -0.2) is 0 Å². The maximum Gasteiger partial charge on any atom is 0.321 e. The van der Waals surface area contributed by atoms with Crippen LogP contribution in [-0.2, 0) is 4.79 Å². The molecular formula is C8H15NO2. The summed E-state index contributed by atoms with van der Waals surface area (Å²) in [5.74, 6) is -0.311. The predicted octanol–water partition coefficient (Wildman–Crippen LogP) is 0.801. The van der Waals surface area contributed by atoms with Gasteiger partial charge in [-0.2, -0.15) is 0 Å². The average Bonchev–Trinajstić information content (AvgIpc) is 2.30. The number of likely N-dealkylation sites (N-methyl/N-ethyl adjacent to an activating group) is 1. The van der Waals surface area contributed by atoms with Crippen molar-refractivity contribution in [1.82, 2.24) is 4.90 Å². The first-order valence-electron chi connectivity index (χ1n) is 4.09. The standard InChI is InChI=1S/C8H15NO2/c1-3-6-4-5-9(2)7(6)8(10)11/h6-7H,3-5H2,1-2H3,(H,10,11)/t6-,7-/m0/s1. The van der Waals surface area contributed by atoms with Crippen LogP contribution >= 0.6 is 0 Å². The molecule has 0 amide bonds. The Kier molecular flexibility index (Phi) is 2.49. The van der Waals surface area contributed by atoms with Crippen LogP contribution in [0.25, 0.3) is 0 Å². The molecule has 1 aliphatic heterocycles. The van der Waals surface area contributed by atoms with E-state index in [1.54, 1.807) is 0 Å². The minimum Gasteiger partial charge on any atom is -0.480 e. The topological polar surface area (TPSA) is 40.5 Å². The van der Waals surface area contributed by atoms with Crippen LogP contribution in [0.3, 0.4) is 0 Å². The molecule has 0 bridgehead atoms. The summed E-state index contributed by atoms with van der Waals surface area (Å²) in [6.45, 7) is 2.98. The Morgan fingerprint density at radius 1 is 1.73 bits per heavy atom. The van der Waals surface area contributed by atoms with Crippen LogP contribution in [0.15, 0.2) is 0 Å². The second kappa shape index (κ2) is 3.22. The van der Waals surface area contributed by atoms with Crippen LogP contribution < -0.4 is 0 Å². The van der Waals surface area contributed by atoms with E-state index in [1.807, 2.05) is 11.9 Å². The molecule has 0 aromatic heterocycles. The van der Waals surface area contributed by atoms with Crippen molar-refractivity contribution in [3.05, 3.63) is 0 Å². The van der Waals surface area contributed by atoms with Gasteiger partial charge in [-0.15, -0.1) is 0 Å². The average molecular weight is 157 g/mol. The van der Waals surface area contributed by atoms with E-state index in [0.29, 0.717) is 5.92 Å². The van der Waals surface area contributed by atoms with Gasteiger partial charge in [0.1, 0.15) is 6.04 Å². The molecule has 1 rings (SSSR count). The fourth-order valence-electron chi connectivity index (χ4n) is 1.84. The number of carboxylic acid groups (broad SMARTS) is 1. The van der Waals surface area contributed by atoms with E-state index in [2.05, 4.69) is 6.92 Å². The third-order valence-corrected chi connectivity index (χ3v) is 2.55. The SMILES string of the molecule is CC[C@H]1CCN(C)[C@@H]1C(=O)O. The second-order valence-corrected chi connectivity index (χ2v) is 3.22. The van der Waals surface area contributed by atoms with Crippen LogP contribution in [0, 0.1) is 5.92 Å². The van der Waals surface area contributed by atoms with Crippen molar-refractivity contribution in [2.24, 2.45) is 5.92 Å². The van der Waals surface area contributed by atoms with Crippen molar-refractivity contribution in [1.29, 1.82) is 0 Å². The summed E-state index contributed by atoms with van der Waals surface area (Å²) < 4.78 is 0. The largest absolute Gasteiger partial charge is 0.480 e. The molecule has 0 aromatic carbocycles. The highest BCUT2D eigenvalue weighted by atomic mass is 16.4. The zero-order valence-corrected chi connectivity index (χ0v) is 7.08. The maximum absolute atomic E-state index is 10.7. The lowest BCUT2D eigenvalue weighted by molar-refractivity contribution is -0.143. The molecule has 0 unspecified atom stereocenters. The molecule has 2 atom stereocenters. The van der Waals surface area contributed by atoms with Crippen LogP contribution in [0.2, 0.25) is 0 Å². The lowest BCUT2D eigenvalue weighted by atomic mass is 9.98. The van der Waals surface area contributed by atoms with Gasteiger partial charge in [0.2, 0.25) is 0 Å². The molecule has 0 aromatic rings. The van der Waals surface area contributed by atoms with Crippen molar-refractivity contribution >= 4 is 5.97 Å². The van der Waals surface area contributed by atoms with E-state index in [-0.39, 0.29) is 6.04 Å². The summed E-state index contributed by atoms with van der Waals surface area (Å²) >= 11 is 0. The monoisotopic (exact) mass is 157 g/mol. The van der Waals surface area contributed by atoms with Crippen molar-refractivity contribution in [3.8, 4) is 0 Å². The summed E-state index contributed by atoms with van der Waals surface area (Å²) in [6, 6.07) is -0.236. The quantitative estimate of drug-likeness (QED) is 0.644. The van der Waals surface area contributed by atoms with Crippen molar-refractivity contribution in [2.45, 2.75) is 25.8 Å². The molecule has 3 nitrogen and oxygen atoms in total. The Morgan fingerprint density at radius 3 is 2.73 bits per heavy atom. The van der Waals surface area contributed by atoms with Gasteiger partial charge in [0.15, 0.2) is 0 Å². The highest BCUT2D eigenvalue weighted by molar-refractivity contribution is 5.74. The maximum atomic E-state index is 10.7. The fourth-order valence-corrected chi connectivity index (χ4v) is 1.84. The highest BCUT2D eigenvalue weighted by Gasteiger charge is 2.35. The number of carboxylic acids is 1. The molecule has 0 spiro atoms. The first-order valence-corrected chi connectivity index (χ1v) is 4.09. The molecule has 1 N–H and O–H groups in total. The Hall–Kier alpha value is -0.570. The lowest BCUT2D eigenvalue weighted by Gasteiger charge is -2.18. The van der Waals surface area contributed by atoms with E-state index in [9.17, 15) is 4.79 Å². The van der Waals surface area contributed by atoms with Gasteiger partial charge >= 0.3 is 5.97 Å². The summed E-state index contributed by atoms with van der Waals surface area (Å²) in [5, 5.41) is 8.84. The lowest BCUT2D eigenvalue weighted by Crippen LogP contribution is -2.36. The molecule has 0 saturated carbocycles. The van der Waals surface area contributed by atoms with E-state index < -0.39 is 5.97 Å². The number of hydrogen-bond donors (Lipinski definition) is 1. The normalized spacial score (nSPS) is 32.5. The number of carbonyl (C=O) groups is 1. The molecular weight excluding hydrogens is 142 g/mol. The minimum absolute atomic E-state index is 0.236. The Morgan fingerprint density at radius 2 is 2.36 bits per heavy atom. The van der Waals surface area contributed by atoms with E-state index in [4.69, 9.17) is 5.11 Å². The van der Waals surface area contributed by atoms with E-state index >= 15 is 0 Å². The number of rotatable bonds is 2. The van der Waals surface area contributed by atoms with Crippen LogP contribution in [-0.4, -0.2) is 35.6 Å². The van der Waals surface area contributed by atoms with E-state index in [1.165, 1.54) is 0 Å². The predicted molar refractivity (Wildman–Crippen MR) is 42.5 cm³/mol. The molecule has 1 heterocycles. The minimum atomic E-state index is -0.670. The van der Waals surface area contributed by atoms with Gasteiger partial charge < -0.3 is 5.11 Å². The number of nitrogens with zero attached hydrogens (tertiary/aromatic N) is 1. The van der Waals surface area contributed by atoms with Crippen LogP contribution in [0.4, 0.5) is 0 Å². The van der Waals surface area contributed by atoms with Crippen LogP contribution in [0.1, 0.15) is 19.8 Å². The number of aliphatic carboxylic acids is 1. The van der Waals surface area contributed by atoms with E-state index in [0.717, 1.165) is 19.4 Å². The van der Waals surface area contributed by atoms with Gasteiger partial charge in [-0.1, -0.05) is 13.3 Å². The number of likely N-dealkylation sites (tertiary alicyclic amines) is 1. The highest BCUT2D eigenvalue weighted by Crippen LogP contribution is 2.25. The van der Waals surface area contributed by atoms with Gasteiger partial charge in [0, 0.05) is 0 Å². The Labute approximate surface area is 67.0 Å². The van der Waals surface area contributed by atoms with Gasteiger partial charge in [-0.05, 0) is 25.9 Å². The molecule has 1 fully saturated rings. The summed E-state index contributed by atoms with van der Waals surface area (Å²) in [4.78, 5) is 12.7. The Balaban J connectivity index is 2.63. The molecule has 11 heavy (non-hydrogen) atoms. The third-order valence-electron chi connectivity index (χ3n) is 2.55. The zero-order valence-electron chi connectivity index (χ0n) is 7.08. The molecule has 3 heteroatoms. The fraction of sp³-hybridized carbons (Fsp3) is 0.875. The first kappa shape index (κ1) is 8.53. The molecule has 0 radical (unpaired) electrons. The van der Waals surface area contributed by atoms with Gasteiger partial charge in [0.05, 0.1) is 0 Å². The van der Waals surface area contributed by atoms with Crippen molar-refractivity contribution in [3.63, 3.8) is 0 Å². The third kappa shape index (κ3) is 1.53. The number of hydrogen-bond acceptors (Lipinski definition) is 2. The molecule has 0 aliphatic carbocycles. The zero-order chi connectivity index (χ0) is 8.43. The summed E-state index contributed by atoms with van der Waals surface area (Å²) in [5.41, 5.74) is 0. The van der Waals surface area contributed by atoms with Crippen molar-refractivity contribution in [2.75, 3.05) is 13.6 Å².